The molecule has 1 heterocycles. The Labute approximate surface area is 115 Å². The maximum atomic E-state index is 11.3. The lowest BCUT2D eigenvalue weighted by Crippen LogP contribution is -2.25. The summed E-state index contributed by atoms with van der Waals surface area (Å²) in [5, 5.41) is 2.78. The topological polar surface area (TPSA) is 64.3 Å². The number of hydrogen-bond acceptors (Lipinski definition) is 4. The Balaban J connectivity index is 1.94. The standard InChI is InChI=1S/C14H12N2O2S/c15-10-6-12-11(16-14(17)8-18-12)7-13(10)19-9-4-2-1-3-5-9/h1-7H,8,15H2,(H,16,17). The quantitative estimate of drug-likeness (QED) is 0.825. The van der Waals surface area contributed by atoms with Crippen LogP contribution in [0.3, 0.4) is 0 Å². The maximum absolute atomic E-state index is 11.3. The van der Waals surface area contributed by atoms with Crippen molar-refractivity contribution in [1.82, 2.24) is 0 Å². The zero-order chi connectivity index (χ0) is 13.2. The molecule has 0 radical (unpaired) electrons. The Morgan fingerprint density at radius 3 is 2.79 bits per heavy atom. The van der Waals surface area contributed by atoms with Gasteiger partial charge in [0.1, 0.15) is 5.75 Å². The lowest BCUT2D eigenvalue weighted by Gasteiger charge is -2.19. The molecule has 4 nitrogen and oxygen atoms in total. The number of nitrogens with two attached hydrogens (primary N) is 1. The number of carbonyl (C=O) groups excluding carboxylic acids is 1. The number of anilines is 2. The molecule has 2 aromatic rings. The average Bonchev–Trinajstić information content (AvgIpc) is 2.41. The Bertz CT molecular complexity index is 629. The van der Waals surface area contributed by atoms with Crippen molar-refractivity contribution in [2.45, 2.75) is 9.79 Å². The van der Waals surface area contributed by atoms with Crippen LogP contribution in [0.2, 0.25) is 0 Å². The third kappa shape index (κ3) is 2.51. The summed E-state index contributed by atoms with van der Waals surface area (Å²) in [5.41, 5.74) is 7.33. The fraction of sp³-hybridized carbons (Fsp3) is 0.0714. The van der Waals surface area contributed by atoms with Crippen molar-refractivity contribution in [3.8, 4) is 5.75 Å². The third-order valence-corrected chi connectivity index (χ3v) is 3.80. The highest BCUT2D eigenvalue weighted by Crippen LogP contribution is 2.39. The van der Waals surface area contributed by atoms with Gasteiger partial charge in [0.25, 0.3) is 5.91 Å². The largest absolute Gasteiger partial charge is 0.482 e. The highest BCUT2D eigenvalue weighted by molar-refractivity contribution is 7.99. The summed E-state index contributed by atoms with van der Waals surface area (Å²) in [7, 11) is 0. The van der Waals surface area contributed by atoms with Crippen molar-refractivity contribution < 1.29 is 9.53 Å². The number of carbonyl (C=O) groups is 1. The summed E-state index contributed by atoms with van der Waals surface area (Å²) in [4.78, 5) is 13.3. The summed E-state index contributed by atoms with van der Waals surface area (Å²) in [6, 6.07) is 13.5. The van der Waals surface area contributed by atoms with E-state index in [9.17, 15) is 4.79 Å². The second-order valence-electron chi connectivity index (χ2n) is 4.14. The average molecular weight is 272 g/mol. The van der Waals surface area contributed by atoms with Gasteiger partial charge in [0.05, 0.1) is 5.69 Å². The van der Waals surface area contributed by atoms with E-state index in [1.807, 2.05) is 36.4 Å². The lowest BCUT2D eigenvalue weighted by molar-refractivity contribution is -0.118. The van der Waals surface area contributed by atoms with Crippen LogP contribution in [0.5, 0.6) is 5.75 Å². The van der Waals surface area contributed by atoms with Crippen LogP contribution >= 0.6 is 11.8 Å². The van der Waals surface area contributed by atoms with E-state index in [0.717, 1.165) is 9.79 Å². The minimum atomic E-state index is -0.145. The fourth-order valence-corrected chi connectivity index (χ4v) is 2.73. The van der Waals surface area contributed by atoms with Crippen LogP contribution in [0.25, 0.3) is 0 Å². The monoisotopic (exact) mass is 272 g/mol. The van der Waals surface area contributed by atoms with Crippen molar-refractivity contribution >= 4 is 29.0 Å². The maximum Gasteiger partial charge on any atom is 0.262 e. The molecule has 2 aromatic carbocycles. The molecule has 0 atom stereocenters. The van der Waals surface area contributed by atoms with Crippen LogP contribution in [-0.4, -0.2) is 12.5 Å². The molecule has 0 saturated heterocycles. The molecular formula is C14H12N2O2S. The van der Waals surface area contributed by atoms with Gasteiger partial charge in [-0.05, 0) is 18.2 Å². The molecule has 5 heteroatoms. The minimum Gasteiger partial charge on any atom is -0.482 e. The molecule has 1 aliphatic rings. The summed E-state index contributed by atoms with van der Waals surface area (Å²) >= 11 is 1.56. The molecule has 1 amide bonds. The highest BCUT2D eigenvalue weighted by Gasteiger charge is 2.18. The normalized spacial score (nSPS) is 13.4. The Kier molecular flexibility index (Phi) is 3.05. The van der Waals surface area contributed by atoms with Crippen LogP contribution in [0.4, 0.5) is 11.4 Å². The molecule has 3 rings (SSSR count). The van der Waals surface area contributed by atoms with Crippen LogP contribution < -0.4 is 15.8 Å². The first-order chi connectivity index (χ1) is 9.22. The van der Waals surface area contributed by atoms with Gasteiger partial charge in [-0.15, -0.1) is 0 Å². The Hall–Kier alpha value is -2.14. The van der Waals surface area contributed by atoms with Crippen LogP contribution in [0.15, 0.2) is 52.3 Å². The Morgan fingerprint density at radius 2 is 2.00 bits per heavy atom. The van der Waals surface area contributed by atoms with E-state index in [2.05, 4.69) is 5.32 Å². The van der Waals surface area contributed by atoms with E-state index >= 15 is 0 Å². The predicted octanol–water partition coefficient (Wildman–Crippen LogP) is 2.75. The van der Waals surface area contributed by atoms with Gasteiger partial charge in [-0.1, -0.05) is 30.0 Å². The Morgan fingerprint density at radius 1 is 1.21 bits per heavy atom. The number of nitrogen functional groups attached to an aromatic ring is 1. The summed E-state index contributed by atoms with van der Waals surface area (Å²) in [6.45, 7) is 0.0393. The molecule has 96 valence electrons. The van der Waals surface area contributed by atoms with E-state index in [0.29, 0.717) is 17.1 Å². The molecule has 0 fully saturated rings. The first kappa shape index (κ1) is 11.9. The van der Waals surface area contributed by atoms with Gasteiger partial charge >= 0.3 is 0 Å². The predicted molar refractivity (Wildman–Crippen MR) is 75.5 cm³/mol. The van der Waals surface area contributed by atoms with E-state index in [-0.39, 0.29) is 12.5 Å². The first-order valence-electron chi connectivity index (χ1n) is 5.81. The zero-order valence-electron chi connectivity index (χ0n) is 10.1. The van der Waals surface area contributed by atoms with Gasteiger partial charge in [0, 0.05) is 21.5 Å². The summed E-state index contributed by atoms with van der Waals surface area (Å²) < 4.78 is 5.32. The molecule has 19 heavy (non-hydrogen) atoms. The third-order valence-electron chi connectivity index (χ3n) is 2.72. The number of fused-ring (bicyclic) bond motifs is 1. The van der Waals surface area contributed by atoms with Gasteiger partial charge in [0.15, 0.2) is 6.61 Å². The molecule has 0 saturated carbocycles. The van der Waals surface area contributed by atoms with Crippen LogP contribution in [0, 0.1) is 0 Å². The second kappa shape index (κ2) is 4.85. The molecule has 0 spiro atoms. The molecule has 0 unspecified atom stereocenters. The van der Waals surface area contributed by atoms with Crippen molar-refractivity contribution in [1.29, 1.82) is 0 Å². The smallest absolute Gasteiger partial charge is 0.262 e. The molecule has 1 aliphatic heterocycles. The molecule has 0 aromatic heterocycles. The number of hydrogen-bond donors (Lipinski definition) is 2. The lowest BCUT2D eigenvalue weighted by atomic mass is 10.2. The van der Waals surface area contributed by atoms with Crippen molar-refractivity contribution in [3.05, 3.63) is 42.5 Å². The first-order valence-corrected chi connectivity index (χ1v) is 6.63. The molecule has 0 bridgehead atoms. The van der Waals surface area contributed by atoms with Gasteiger partial charge in [-0.3, -0.25) is 4.79 Å². The van der Waals surface area contributed by atoms with Crippen molar-refractivity contribution in [3.63, 3.8) is 0 Å². The zero-order valence-corrected chi connectivity index (χ0v) is 10.9. The summed E-state index contributed by atoms with van der Waals surface area (Å²) in [6.07, 6.45) is 0. The number of benzene rings is 2. The van der Waals surface area contributed by atoms with Crippen molar-refractivity contribution in [2.75, 3.05) is 17.7 Å². The molecular weight excluding hydrogens is 260 g/mol. The fourth-order valence-electron chi connectivity index (χ4n) is 1.83. The van der Waals surface area contributed by atoms with Crippen molar-refractivity contribution in [2.24, 2.45) is 0 Å². The van der Waals surface area contributed by atoms with E-state index in [1.54, 1.807) is 17.8 Å². The van der Waals surface area contributed by atoms with Crippen LogP contribution in [-0.2, 0) is 4.79 Å². The number of rotatable bonds is 2. The molecule has 3 N–H and O–H groups in total. The summed E-state index contributed by atoms with van der Waals surface area (Å²) in [5.74, 6) is 0.474. The van der Waals surface area contributed by atoms with Gasteiger partial charge < -0.3 is 15.8 Å². The highest BCUT2D eigenvalue weighted by atomic mass is 32.2. The van der Waals surface area contributed by atoms with Gasteiger partial charge in [-0.25, -0.2) is 0 Å². The second-order valence-corrected chi connectivity index (χ2v) is 5.25. The van der Waals surface area contributed by atoms with E-state index in [1.165, 1.54) is 0 Å². The van der Waals surface area contributed by atoms with Crippen LogP contribution in [0.1, 0.15) is 0 Å². The van der Waals surface area contributed by atoms with Gasteiger partial charge in [0.2, 0.25) is 0 Å². The number of nitrogens with one attached hydrogen (secondary N) is 1. The van der Waals surface area contributed by atoms with E-state index in [4.69, 9.17) is 10.5 Å². The SMILES string of the molecule is Nc1cc2c(cc1Sc1ccccc1)NC(=O)CO2. The molecule has 0 aliphatic carbocycles. The van der Waals surface area contributed by atoms with E-state index < -0.39 is 0 Å². The number of ether oxygens (including phenoxy) is 1. The minimum absolute atomic E-state index is 0.0393. The number of amides is 1. The van der Waals surface area contributed by atoms with Gasteiger partial charge in [-0.2, -0.15) is 0 Å².